The molecule has 1 heterocycles. The lowest BCUT2D eigenvalue weighted by Crippen LogP contribution is -2.22. The number of hydrogen-bond acceptors (Lipinski definition) is 2. The number of nitrogens with zero attached hydrogens (tertiary/aromatic N) is 1. The first-order chi connectivity index (χ1) is 8.95. The van der Waals surface area contributed by atoms with Gasteiger partial charge in [0, 0.05) is 5.33 Å². The molecule has 0 amide bonds. The minimum absolute atomic E-state index is 0.169. The molecule has 20 heavy (non-hydrogen) atoms. The predicted octanol–water partition coefficient (Wildman–Crippen LogP) is 4.83. The van der Waals surface area contributed by atoms with Crippen molar-refractivity contribution >= 4 is 15.9 Å². The molecule has 0 bridgehead atoms. The van der Waals surface area contributed by atoms with E-state index in [1.54, 1.807) is 0 Å². The molecule has 0 radical (unpaired) electrons. The Morgan fingerprint density at radius 3 is 2.05 bits per heavy atom. The fourth-order valence-corrected chi connectivity index (χ4v) is 1.63. The predicted molar refractivity (Wildman–Crippen MR) is 53.5 cm³/mol. The number of ether oxygens (including phenoxy) is 1. The van der Waals surface area contributed by atoms with E-state index in [0.29, 0.717) is 0 Å². The van der Waals surface area contributed by atoms with Crippen LogP contribution in [0.4, 0.5) is 35.1 Å². The second-order valence-corrected chi connectivity index (χ2v) is 3.91. The molecule has 0 aliphatic rings. The molecular weight excluding hydrogens is 370 g/mol. The van der Waals surface area contributed by atoms with Gasteiger partial charge in [-0.1, -0.05) is 15.9 Å². The Labute approximate surface area is 114 Å². The standard InChI is InChI=1S/C9H4BrF8NO/c10-2-5-6(20-9(16,17)18)3(8(13,14)15)1-4(19-5)7(11)12/h1,7H,2H2. The molecule has 2 nitrogen and oxygen atoms in total. The summed E-state index contributed by atoms with van der Waals surface area (Å²) in [6, 6.07) is -0.169. The molecule has 1 aromatic rings. The molecule has 0 aromatic carbocycles. The molecule has 1 aromatic heterocycles. The van der Waals surface area contributed by atoms with Crippen molar-refractivity contribution in [2.24, 2.45) is 0 Å². The van der Waals surface area contributed by atoms with Gasteiger partial charge in [-0.3, -0.25) is 0 Å². The first-order valence-electron chi connectivity index (χ1n) is 4.66. The summed E-state index contributed by atoms with van der Waals surface area (Å²) in [5.74, 6) is -1.65. The SMILES string of the molecule is FC(F)c1cc(C(F)(F)F)c(OC(F)(F)F)c(CBr)n1. The quantitative estimate of drug-likeness (QED) is 0.559. The van der Waals surface area contributed by atoms with E-state index in [4.69, 9.17) is 0 Å². The van der Waals surface area contributed by atoms with E-state index < -0.39 is 47.0 Å². The van der Waals surface area contributed by atoms with Crippen molar-refractivity contribution < 1.29 is 39.9 Å². The summed E-state index contributed by atoms with van der Waals surface area (Å²) < 4.78 is 102. The molecule has 0 unspecified atom stereocenters. The van der Waals surface area contributed by atoms with Crippen molar-refractivity contribution in [2.45, 2.75) is 24.3 Å². The van der Waals surface area contributed by atoms with Crippen LogP contribution in [0.5, 0.6) is 5.75 Å². The lowest BCUT2D eigenvalue weighted by atomic mass is 10.1. The van der Waals surface area contributed by atoms with Crippen molar-refractivity contribution in [3.8, 4) is 5.75 Å². The Bertz CT molecular complexity index is 484. The van der Waals surface area contributed by atoms with Crippen LogP contribution < -0.4 is 4.74 Å². The Kier molecular flexibility index (Phi) is 4.82. The summed E-state index contributed by atoms with van der Waals surface area (Å²) in [6.45, 7) is 0. The number of rotatable bonds is 3. The summed E-state index contributed by atoms with van der Waals surface area (Å²) in [4.78, 5) is 3.03. The van der Waals surface area contributed by atoms with Gasteiger partial charge >= 0.3 is 12.5 Å². The molecule has 0 fully saturated rings. The smallest absolute Gasteiger partial charge is 0.403 e. The summed E-state index contributed by atoms with van der Waals surface area (Å²) in [5, 5.41) is -0.623. The minimum Gasteiger partial charge on any atom is -0.403 e. The highest BCUT2D eigenvalue weighted by atomic mass is 79.9. The van der Waals surface area contributed by atoms with Gasteiger partial charge in [0.25, 0.3) is 6.43 Å². The molecule has 0 spiro atoms. The minimum atomic E-state index is -5.41. The maximum Gasteiger partial charge on any atom is 0.573 e. The fourth-order valence-electron chi connectivity index (χ4n) is 1.25. The maximum absolute atomic E-state index is 12.6. The van der Waals surface area contributed by atoms with Crippen molar-refractivity contribution in [3.05, 3.63) is 23.0 Å². The molecule has 11 heteroatoms. The van der Waals surface area contributed by atoms with Gasteiger partial charge in [0.2, 0.25) is 0 Å². The van der Waals surface area contributed by atoms with Gasteiger partial charge in [-0.25, -0.2) is 13.8 Å². The average molecular weight is 374 g/mol. The zero-order valence-corrected chi connectivity index (χ0v) is 10.7. The summed E-state index contributed by atoms with van der Waals surface area (Å²) in [5.41, 5.74) is -4.18. The number of pyridine rings is 1. The second kappa shape index (κ2) is 5.70. The molecular formula is C9H4BrF8NO. The average Bonchev–Trinajstić information content (AvgIpc) is 2.25. The highest BCUT2D eigenvalue weighted by molar-refractivity contribution is 9.08. The van der Waals surface area contributed by atoms with E-state index in [1.165, 1.54) is 0 Å². The van der Waals surface area contributed by atoms with Gasteiger partial charge in [0.15, 0.2) is 5.75 Å². The van der Waals surface area contributed by atoms with Crippen LogP contribution in [-0.2, 0) is 11.5 Å². The topological polar surface area (TPSA) is 22.1 Å². The first-order valence-corrected chi connectivity index (χ1v) is 5.78. The van der Waals surface area contributed by atoms with Crippen molar-refractivity contribution in [1.29, 1.82) is 0 Å². The first kappa shape index (κ1) is 16.9. The summed E-state index contributed by atoms with van der Waals surface area (Å²) >= 11 is 2.58. The fraction of sp³-hybridized carbons (Fsp3) is 0.444. The monoisotopic (exact) mass is 373 g/mol. The van der Waals surface area contributed by atoms with Crippen LogP contribution in [0.25, 0.3) is 0 Å². The Morgan fingerprint density at radius 1 is 1.15 bits per heavy atom. The number of alkyl halides is 9. The zero-order chi connectivity index (χ0) is 15.7. The molecule has 114 valence electrons. The Morgan fingerprint density at radius 2 is 1.70 bits per heavy atom. The maximum atomic E-state index is 12.6. The van der Waals surface area contributed by atoms with Crippen LogP contribution in [-0.4, -0.2) is 11.3 Å². The molecule has 0 aliphatic heterocycles. The van der Waals surface area contributed by atoms with Gasteiger partial charge < -0.3 is 4.74 Å². The third-order valence-electron chi connectivity index (χ3n) is 1.94. The van der Waals surface area contributed by atoms with E-state index >= 15 is 0 Å². The number of aromatic nitrogens is 1. The molecule has 0 aliphatic carbocycles. The van der Waals surface area contributed by atoms with Crippen LogP contribution in [0.2, 0.25) is 0 Å². The Hall–Kier alpha value is -1.13. The molecule has 0 N–H and O–H groups in total. The van der Waals surface area contributed by atoms with Crippen LogP contribution in [0, 0.1) is 0 Å². The lowest BCUT2D eigenvalue weighted by molar-refractivity contribution is -0.276. The van der Waals surface area contributed by atoms with E-state index in [2.05, 4.69) is 25.7 Å². The largest absolute Gasteiger partial charge is 0.573 e. The van der Waals surface area contributed by atoms with Gasteiger partial charge in [-0.15, -0.1) is 13.2 Å². The van der Waals surface area contributed by atoms with Crippen molar-refractivity contribution in [2.75, 3.05) is 0 Å². The normalized spacial score (nSPS) is 12.9. The van der Waals surface area contributed by atoms with Crippen LogP contribution in [0.1, 0.15) is 23.4 Å². The van der Waals surface area contributed by atoms with Crippen LogP contribution in [0.15, 0.2) is 6.07 Å². The van der Waals surface area contributed by atoms with Crippen LogP contribution >= 0.6 is 15.9 Å². The van der Waals surface area contributed by atoms with Gasteiger partial charge in [-0.2, -0.15) is 13.2 Å². The lowest BCUT2D eigenvalue weighted by Gasteiger charge is -2.18. The highest BCUT2D eigenvalue weighted by Crippen LogP contribution is 2.42. The molecule has 0 atom stereocenters. The van der Waals surface area contributed by atoms with Gasteiger partial charge in [0.05, 0.1) is 5.69 Å². The summed E-state index contributed by atoms with van der Waals surface area (Å²) in [7, 11) is 0. The number of hydrogen-bond donors (Lipinski definition) is 0. The third-order valence-corrected chi connectivity index (χ3v) is 2.47. The van der Waals surface area contributed by atoms with E-state index in [9.17, 15) is 35.1 Å². The Balaban J connectivity index is 3.53. The second-order valence-electron chi connectivity index (χ2n) is 3.35. The van der Waals surface area contributed by atoms with Crippen molar-refractivity contribution in [1.82, 2.24) is 4.98 Å². The van der Waals surface area contributed by atoms with E-state index in [-0.39, 0.29) is 6.07 Å². The van der Waals surface area contributed by atoms with Crippen LogP contribution in [0.3, 0.4) is 0 Å². The van der Waals surface area contributed by atoms with Gasteiger partial charge in [-0.05, 0) is 6.07 Å². The third kappa shape index (κ3) is 4.18. The highest BCUT2D eigenvalue weighted by Gasteiger charge is 2.42. The molecule has 0 saturated heterocycles. The summed E-state index contributed by atoms with van der Waals surface area (Å²) in [6.07, 6.45) is -14.1. The molecule has 1 rings (SSSR count). The number of halogens is 9. The molecule has 0 saturated carbocycles. The van der Waals surface area contributed by atoms with Crippen molar-refractivity contribution in [3.63, 3.8) is 0 Å². The van der Waals surface area contributed by atoms with E-state index in [0.717, 1.165) is 0 Å². The van der Waals surface area contributed by atoms with Gasteiger partial charge in [0.1, 0.15) is 11.3 Å². The zero-order valence-electron chi connectivity index (χ0n) is 9.12. The van der Waals surface area contributed by atoms with E-state index in [1.807, 2.05) is 0 Å².